The van der Waals surface area contributed by atoms with Gasteiger partial charge in [0, 0.05) is 12.4 Å². The van der Waals surface area contributed by atoms with E-state index in [0.717, 1.165) is 5.39 Å². The average molecular weight is 287 g/mol. The Balaban J connectivity index is 2.42. The highest BCUT2D eigenvalue weighted by Gasteiger charge is 2.23. The van der Waals surface area contributed by atoms with E-state index in [1.807, 2.05) is 12.1 Å². The minimum Gasteiger partial charge on any atom is -0.506 e. The van der Waals surface area contributed by atoms with Crippen LogP contribution in [0.25, 0.3) is 10.8 Å². The zero-order chi connectivity index (χ0) is 15.6. The van der Waals surface area contributed by atoms with Crippen LogP contribution in [0.2, 0.25) is 0 Å². The predicted octanol–water partition coefficient (Wildman–Crippen LogP) is 1.75. The maximum Gasteiger partial charge on any atom is 0.257 e. The van der Waals surface area contributed by atoms with Gasteiger partial charge in [0.1, 0.15) is 5.75 Å². The Hall–Kier alpha value is -2.76. The molecule has 0 aromatic heterocycles. The molecule has 0 saturated heterocycles. The number of amides is 1. The van der Waals surface area contributed by atoms with Gasteiger partial charge in [0.15, 0.2) is 5.84 Å². The second-order valence-electron chi connectivity index (χ2n) is 4.80. The molecule has 110 valence electrons. The summed E-state index contributed by atoms with van der Waals surface area (Å²) in [5.74, 6) is -0.555. The first-order chi connectivity index (χ1) is 9.97. The molecule has 1 unspecified atom stereocenters. The molecule has 1 amide bonds. The van der Waals surface area contributed by atoms with Crippen molar-refractivity contribution in [2.45, 2.75) is 13.0 Å². The van der Waals surface area contributed by atoms with E-state index in [0.29, 0.717) is 5.39 Å². The number of carbonyl (C=O) groups is 1. The Bertz CT molecular complexity index is 712. The third-order valence-electron chi connectivity index (χ3n) is 3.58. The Morgan fingerprint density at radius 1 is 1.29 bits per heavy atom. The van der Waals surface area contributed by atoms with E-state index in [1.54, 1.807) is 31.2 Å². The highest BCUT2D eigenvalue weighted by Crippen LogP contribution is 2.29. The Morgan fingerprint density at radius 2 is 1.95 bits per heavy atom. The van der Waals surface area contributed by atoms with Crippen molar-refractivity contribution < 1.29 is 15.1 Å². The lowest BCUT2D eigenvalue weighted by molar-refractivity contribution is 0.0773. The van der Waals surface area contributed by atoms with E-state index < -0.39 is 11.9 Å². The third kappa shape index (κ3) is 2.60. The number of nitrogens with zero attached hydrogens (tertiary/aromatic N) is 2. The Kier molecular flexibility index (Phi) is 3.98. The van der Waals surface area contributed by atoms with Gasteiger partial charge in [-0.15, -0.1) is 0 Å². The molecule has 6 nitrogen and oxygen atoms in total. The molecular formula is C15H17N3O3. The van der Waals surface area contributed by atoms with E-state index >= 15 is 0 Å². The fourth-order valence-electron chi connectivity index (χ4n) is 2.08. The molecule has 0 aliphatic carbocycles. The molecule has 2 aromatic carbocycles. The molecule has 0 aliphatic heterocycles. The van der Waals surface area contributed by atoms with Crippen LogP contribution < -0.4 is 5.73 Å². The number of benzene rings is 2. The van der Waals surface area contributed by atoms with Crippen LogP contribution in [0.1, 0.15) is 17.3 Å². The summed E-state index contributed by atoms with van der Waals surface area (Å²) < 4.78 is 0. The van der Waals surface area contributed by atoms with Gasteiger partial charge >= 0.3 is 0 Å². The van der Waals surface area contributed by atoms with Crippen molar-refractivity contribution in [3.63, 3.8) is 0 Å². The number of likely N-dealkylation sites (N-methyl/N-ethyl adjacent to an activating group) is 1. The van der Waals surface area contributed by atoms with Crippen LogP contribution in [0, 0.1) is 0 Å². The molecular weight excluding hydrogens is 270 g/mol. The second-order valence-corrected chi connectivity index (χ2v) is 4.80. The Morgan fingerprint density at radius 3 is 2.62 bits per heavy atom. The van der Waals surface area contributed by atoms with Crippen molar-refractivity contribution in [3.05, 3.63) is 42.0 Å². The van der Waals surface area contributed by atoms with E-state index in [2.05, 4.69) is 5.16 Å². The van der Waals surface area contributed by atoms with Crippen LogP contribution in [0.15, 0.2) is 41.6 Å². The minimum absolute atomic E-state index is 0.0725. The molecule has 0 saturated carbocycles. The van der Waals surface area contributed by atoms with Crippen LogP contribution in [-0.4, -0.2) is 40.0 Å². The summed E-state index contributed by atoms with van der Waals surface area (Å²) in [5.41, 5.74) is 5.68. The molecule has 4 N–H and O–H groups in total. The quantitative estimate of drug-likeness (QED) is 0.346. The number of aromatic hydroxyl groups is 1. The zero-order valence-corrected chi connectivity index (χ0v) is 11.8. The van der Waals surface area contributed by atoms with Crippen molar-refractivity contribution in [2.75, 3.05) is 7.05 Å². The van der Waals surface area contributed by atoms with Crippen LogP contribution in [0.4, 0.5) is 0 Å². The van der Waals surface area contributed by atoms with Gasteiger partial charge in [0.05, 0.1) is 11.6 Å². The number of phenols is 1. The molecule has 0 fully saturated rings. The minimum atomic E-state index is -0.589. The van der Waals surface area contributed by atoms with Crippen molar-refractivity contribution in [2.24, 2.45) is 10.9 Å². The maximum absolute atomic E-state index is 12.4. The van der Waals surface area contributed by atoms with Gasteiger partial charge in [-0.2, -0.15) is 0 Å². The summed E-state index contributed by atoms with van der Waals surface area (Å²) in [6, 6.07) is 9.99. The number of hydrogen-bond acceptors (Lipinski definition) is 4. The number of rotatable bonds is 3. The SMILES string of the molecule is CC(C(N)=NO)N(C)C(=O)c1ccc2ccccc2c1O. The fraction of sp³-hybridized carbons (Fsp3) is 0.200. The fourth-order valence-corrected chi connectivity index (χ4v) is 2.08. The summed E-state index contributed by atoms with van der Waals surface area (Å²) in [6.07, 6.45) is 0. The number of amidine groups is 1. The van der Waals surface area contributed by atoms with E-state index in [4.69, 9.17) is 10.9 Å². The average Bonchev–Trinajstić information content (AvgIpc) is 2.52. The highest BCUT2D eigenvalue weighted by molar-refractivity contribution is 6.05. The van der Waals surface area contributed by atoms with Gasteiger partial charge in [-0.1, -0.05) is 35.5 Å². The summed E-state index contributed by atoms with van der Waals surface area (Å²) in [4.78, 5) is 13.7. The normalized spacial score (nSPS) is 13.1. The van der Waals surface area contributed by atoms with Crippen molar-refractivity contribution >= 4 is 22.5 Å². The predicted molar refractivity (Wildman–Crippen MR) is 80.6 cm³/mol. The van der Waals surface area contributed by atoms with Crippen LogP contribution in [0.5, 0.6) is 5.75 Å². The topological polar surface area (TPSA) is 99.2 Å². The largest absolute Gasteiger partial charge is 0.506 e. The summed E-state index contributed by atoms with van der Waals surface area (Å²) in [6.45, 7) is 1.63. The summed E-state index contributed by atoms with van der Waals surface area (Å²) >= 11 is 0. The first-order valence-corrected chi connectivity index (χ1v) is 6.42. The van der Waals surface area contributed by atoms with Gasteiger partial charge in [-0.25, -0.2) is 0 Å². The van der Waals surface area contributed by atoms with Crippen molar-refractivity contribution in [1.29, 1.82) is 0 Å². The number of hydrogen-bond donors (Lipinski definition) is 3. The molecule has 0 radical (unpaired) electrons. The second kappa shape index (κ2) is 5.70. The zero-order valence-electron chi connectivity index (χ0n) is 11.8. The van der Waals surface area contributed by atoms with Crippen molar-refractivity contribution in [3.8, 4) is 5.75 Å². The first kappa shape index (κ1) is 14.6. The molecule has 1 atom stereocenters. The van der Waals surface area contributed by atoms with Crippen molar-refractivity contribution in [1.82, 2.24) is 4.90 Å². The lowest BCUT2D eigenvalue weighted by Gasteiger charge is -2.24. The maximum atomic E-state index is 12.4. The molecule has 21 heavy (non-hydrogen) atoms. The summed E-state index contributed by atoms with van der Waals surface area (Å²) in [7, 11) is 1.53. The molecule has 0 bridgehead atoms. The van der Waals surface area contributed by atoms with Gasteiger partial charge in [0.25, 0.3) is 5.91 Å². The van der Waals surface area contributed by atoms with Gasteiger partial charge in [0.2, 0.25) is 0 Å². The Labute approximate surface area is 122 Å². The van der Waals surface area contributed by atoms with E-state index in [1.165, 1.54) is 11.9 Å². The number of carbonyl (C=O) groups excluding carboxylic acids is 1. The lowest BCUT2D eigenvalue weighted by Crippen LogP contribution is -2.43. The molecule has 6 heteroatoms. The number of phenolic OH excluding ortho intramolecular Hbond substituents is 1. The molecule has 0 aliphatic rings. The van der Waals surface area contributed by atoms with E-state index in [9.17, 15) is 9.90 Å². The molecule has 0 heterocycles. The van der Waals surface area contributed by atoms with Crippen LogP contribution in [-0.2, 0) is 0 Å². The third-order valence-corrected chi connectivity index (χ3v) is 3.58. The van der Waals surface area contributed by atoms with Crippen LogP contribution in [0.3, 0.4) is 0 Å². The lowest BCUT2D eigenvalue weighted by atomic mass is 10.0. The highest BCUT2D eigenvalue weighted by atomic mass is 16.4. The van der Waals surface area contributed by atoms with Crippen LogP contribution >= 0.6 is 0 Å². The molecule has 0 spiro atoms. The summed E-state index contributed by atoms with van der Waals surface area (Å²) in [5, 5.41) is 23.3. The first-order valence-electron chi connectivity index (χ1n) is 6.42. The van der Waals surface area contributed by atoms with Gasteiger partial charge in [-0.3, -0.25) is 4.79 Å². The smallest absolute Gasteiger partial charge is 0.257 e. The van der Waals surface area contributed by atoms with E-state index in [-0.39, 0.29) is 17.1 Å². The number of nitrogens with two attached hydrogens (primary N) is 1. The monoisotopic (exact) mass is 287 g/mol. The number of oxime groups is 1. The van der Waals surface area contributed by atoms with Gasteiger partial charge in [-0.05, 0) is 18.4 Å². The molecule has 2 rings (SSSR count). The molecule has 2 aromatic rings. The number of fused-ring (bicyclic) bond motifs is 1. The van der Waals surface area contributed by atoms with Gasteiger partial charge < -0.3 is 20.9 Å². The standard InChI is InChI=1S/C15H17N3O3/c1-9(14(16)17-21)18(2)15(20)12-8-7-10-5-3-4-6-11(10)13(12)19/h3-9,19,21H,1-2H3,(H2,16,17).